The molecule has 2 aliphatic rings. The molecule has 1 aromatic carbocycles. The Morgan fingerprint density at radius 2 is 2.25 bits per heavy atom. The Balaban J connectivity index is 1.62. The van der Waals surface area contributed by atoms with Crippen molar-refractivity contribution in [1.82, 2.24) is 10.2 Å². The molecule has 1 saturated heterocycles. The van der Waals surface area contributed by atoms with E-state index in [0.717, 1.165) is 13.1 Å². The third kappa shape index (κ3) is 3.15. The number of fused-ring (bicyclic) bond motifs is 1. The second-order valence-corrected chi connectivity index (χ2v) is 6.48. The lowest BCUT2D eigenvalue weighted by Gasteiger charge is -2.28. The van der Waals surface area contributed by atoms with Crippen LogP contribution in [-0.4, -0.2) is 44.7 Å². The van der Waals surface area contributed by atoms with Crippen molar-refractivity contribution in [2.45, 2.75) is 38.3 Å². The fourth-order valence-corrected chi connectivity index (χ4v) is 3.60. The fourth-order valence-electron chi connectivity index (χ4n) is 3.60. The van der Waals surface area contributed by atoms with Crippen LogP contribution in [0, 0.1) is 0 Å². The number of nitrogens with one attached hydrogen (secondary N) is 1. The first-order chi connectivity index (χ1) is 9.72. The summed E-state index contributed by atoms with van der Waals surface area (Å²) in [6.45, 7) is 4.62. The molecule has 3 rings (SSSR count). The van der Waals surface area contributed by atoms with Crippen molar-refractivity contribution in [3.63, 3.8) is 0 Å². The van der Waals surface area contributed by atoms with Gasteiger partial charge in [0, 0.05) is 38.4 Å². The van der Waals surface area contributed by atoms with Crippen LogP contribution in [0.15, 0.2) is 18.2 Å². The predicted octanol–water partition coefficient (Wildman–Crippen LogP) is 2.25. The number of benzene rings is 1. The molecule has 0 amide bonds. The molecule has 2 heterocycles. The average molecular weight is 273 g/mol. The van der Waals surface area contributed by atoms with Crippen LogP contribution in [0.5, 0.6) is 0 Å². The Labute approximate surface area is 123 Å². The molecule has 1 unspecified atom stereocenters. The molecule has 2 aliphatic heterocycles. The fraction of sp³-hybridized carbons (Fsp3) is 0.647. The van der Waals surface area contributed by atoms with Gasteiger partial charge in [-0.15, -0.1) is 0 Å². The molecule has 0 bridgehead atoms. The molecule has 1 atom stereocenters. The van der Waals surface area contributed by atoms with Crippen molar-refractivity contribution in [3.05, 3.63) is 29.3 Å². The van der Waals surface area contributed by atoms with Crippen molar-refractivity contribution in [1.29, 1.82) is 0 Å². The van der Waals surface area contributed by atoms with Crippen molar-refractivity contribution in [2.75, 3.05) is 38.6 Å². The summed E-state index contributed by atoms with van der Waals surface area (Å²) in [5.74, 6) is 0. The summed E-state index contributed by atoms with van der Waals surface area (Å²) in [6.07, 6.45) is 5.19. The zero-order valence-electron chi connectivity index (χ0n) is 12.9. The first-order valence-electron chi connectivity index (χ1n) is 7.97. The van der Waals surface area contributed by atoms with E-state index in [1.165, 1.54) is 55.6 Å². The Morgan fingerprint density at radius 1 is 1.35 bits per heavy atom. The zero-order chi connectivity index (χ0) is 13.9. The molecular weight excluding hydrogens is 246 g/mol. The molecule has 0 saturated carbocycles. The molecule has 20 heavy (non-hydrogen) atoms. The van der Waals surface area contributed by atoms with Gasteiger partial charge in [-0.3, -0.25) is 0 Å². The maximum absolute atomic E-state index is 3.58. The quantitative estimate of drug-likeness (QED) is 0.908. The van der Waals surface area contributed by atoms with E-state index < -0.39 is 0 Å². The summed E-state index contributed by atoms with van der Waals surface area (Å²) < 4.78 is 0. The molecule has 0 spiro atoms. The Kier molecular flexibility index (Phi) is 4.27. The molecule has 1 fully saturated rings. The van der Waals surface area contributed by atoms with Gasteiger partial charge in [0.25, 0.3) is 0 Å². The van der Waals surface area contributed by atoms with Gasteiger partial charge in [0.1, 0.15) is 0 Å². The van der Waals surface area contributed by atoms with Gasteiger partial charge in [-0.1, -0.05) is 12.1 Å². The number of nitrogens with zero attached hydrogens (tertiary/aromatic N) is 2. The number of likely N-dealkylation sites (N-methyl/N-ethyl adjacent to an activating group) is 1. The standard InChI is InChI=1S/C17H27N3/c1-19(13-16-6-3-9-18-16)12-14-7-8-17-15(11-14)5-4-10-20(17)2/h7-8,11,16,18H,3-6,9-10,12-13H2,1-2H3. The lowest BCUT2D eigenvalue weighted by atomic mass is 9.99. The SMILES string of the molecule is CN(Cc1ccc2c(c1)CCCN2C)CC1CCCN1. The summed E-state index contributed by atoms with van der Waals surface area (Å²) in [7, 11) is 4.45. The molecule has 110 valence electrons. The number of anilines is 1. The molecule has 0 aromatic heterocycles. The average Bonchev–Trinajstić information content (AvgIpc) is 2.91. The monoisotopic (exact) mass is 273 g/mol. The normalized spacial score (nSPS) is 22.4. The lowest BCUT2D eigenvalue weighted by Crippen LogP contribution is -2.35. The highest BCUT2D eigenvalue weighted by Gasteiger charge is 2.17. The van der Waals surface area contributed by atoms with Crippen LogP contribution in [0.2, 0.25) is 0 Å². The van der Waals surface area contributed by atoms with E-state index >= 15 is 0 Å². The third-order valence-electron chi connectivity index (χ3n) is 4.64. The van der Waals surface area contributed by atoms with Crippen molar-refractivity contribution < 1.29 is 0 Å². The minimum atomic E-state index is 0.698. The Morgan fingerprint density at radius 3 is 3.05 bits per heavy atom. The Hall–Kier alpha value is -1.06. The summed E-state index contributed by atoms with van der Waals surface area (Å²) in [4.78, 5) is 4.84. The Bertz CT molecular complexity index is 452. The molecule has 1 N–H and O–H groups in total. The third-order valence-corrected chi connectivity index (χ3v) is 4.64. The molecule has 3 nitrogen and oxygen atoms in total. The van der Waals surface area contributed by atoms with E-state index in [-0.39, 0.29) is 0 Å². The molecule has 0 aliphatic carbocycles. The van der Waals surface area contributed by atoms with Crippen LogP contribution in [0.4, 0.5) is 5.69 Å². The van der Waals surface area contributed by atoms with Crippen LogP contribution in [-0.2, 0) is 13.0 Å². The minimum Gasteiger partial charge on any atom is -0.374 e. The minimum absolute atomic E-state index is 0.698. The van der Waals surface area contributed by atoms with Crippen molar-refractivity contribution in [3.8, 4) is 0 Å². The predicted molar refractivity (Wildman–Crippen MR) is 85.4 cm³/mol. The smallest absolute Gasteiger partial charge is 0.0396 e. The number of hydrogen-bond acceptors (Lipinski definition) is 3. The van der Waals surface area contributed by atoms with Crippen molar-refractivity contribution in [2.24, 2.45) is 0 Å². The molecule has 1 aromatic rings. The highest BCUT2D eigenvalue weighted by molar-refractivity contribution is 5.56. The van der Waals surface area contributed by atoms with Crippen LogP contribution in [0.3, 0.4) is 0 Å². The maximum Gasteiger partial charge on any atom is 0.0396 e. The van der Waals surface area contributed by atoms with E-state index in [4.69, 9.17) is 0 Å². The van der Waals surface area contributed by atoms with Gasteiger partial charge in [-0.05, 0) is 56.5 Å². The second-order valence-electron chi connectivity index (χ2n) is 6.48. The zero-order valence-corrected chi connectivity index (χ0v) is 12.9. The lowest BCUT2D eigenvalue weighted by molar-refractivity contribution is 0.293. The first kappa shape index (κ1) is 13.9. The van der Waals surface area contributed by atoms with E-state index in [1.54, 1.807) is 0 Å². The van der Waals surface area contributed by atoms with Crippen LogP contribution in [0.25, 0.3) is 0 Å². The summed E-state index contributed by atoms with van der Waals surface area (Å²) in [6, 6.07) is 7.73. The molecule has 0 radical (unpaired) electrons. The second kappa shape index (κ2) is 6.15. The van der Waals surface area contributed by atoms with Gasteiger partial charge < -0.3 is 15.1 Å². The number of aryl methyl sites for hydroxylation is 1. The summed E-state index contributed by atoms with van der Waals surface area (Å²) >= 11 is 0. The summed E-state index contributed by atoms with van der Waals surface area (Å²) in [5.41, 5.74) is 4.42. The van der Waals surface area contributed by atoms with Gasteiger partial charge in [0.2, 0.25) is 0 Å². The van der Waals surface area contributed by atoms with E-state index in [0.29, 0.717) is 6.04 Å². The number of hydrogen-bond donors (Lipinski definition) is 1. The van der Waals surface area contributed by atoms with Crippen LogP contribution >= 0.6 is 0 Å². The highest BCUT2D eigenvalue weighted by Crippen LogP contribution is 2.27. The van der Waals surface area contributed by atoms with Crippen LogP contribution in [0.1, 0.15) is 30.4 Å². The number of rotatable bonds is 4. The molecule has 3 heteroatoms. The molecular formula is C17H27N3. The van der Waals surface area contributed by atoms with Gasteiger partial charge in [0.15, 0.2) is 0 Å². The highest BCUT2D eigenvalue weighted by atomic mass is 15.1. The van der Waals surface area contributed by atoms with E-state index in [1.807, 2.05) is 0 Å². The van der Waals surface area contributed by atoms with Gasteiger partial charge in [-0.25, -0.2) is 0 Å². The maximum atomic E-state index is 3.58. The van der Waals surface area contributed by atoms with Crippen LogP contribution < -0.4 is 10.2 Å². The van der Waals surface area contributed by atoms with E-state index in [9.17, 15) is 0 Å². The summed E-state index contributed by atoms with van der Waals surface area (Å²) in [5, 5.41) is 3.58. The van der Waals surface area contributed by atoms with E-state index in [2.05, 4.69) is 47.4 Å². The first-order valence-corrected chi connectivity index (χ1v) is 7.97. The van der Waals surface area contributed by atoms with Gasteiger partial charge >= 0.3 is 0 Å². The van der Waals surface area contributed by atoms with Gasteiger partial charge in [-0.2, -0.15) is 0 Å². The largest absolute Gasteiger partial charge is 0.374 e. The van der Waals surface area contributed by atoms with Crippen molar-refractivity contribution >= 4 is 5.69 Å². The van der Waals surface area contributed by atoms with Gasteiger partial charge in [0.05, 0.1) is 0 Å². The topological polar surface area (TPSA) is 18.5 Å².